The number of rotatable bonds is 6. The highest BCUT2D eigenvalue weighted by Gasteiger charge is 2.10. The van der Waals surface area contributed by atoms with Gasteiger partial charge in [-0.25, -0.2) is 0 Å². The second-order valence-electron chi connectivity index (χ2n) is 3.35. The monoisotopic (exact) mass is 214 g/mol. The average molecular weight is 214 g/mol. The first-order valence-corrected chi connectivity index (χ1v) is 5.93. The Morgan fingerprint density at radius 2 is 2.29 bits per heavy atom. The molecule has 2 nitrogen and oxygen atoms in total. The number of hydrogen-bond acceptors (Lipinski definition) is 3. The predicted molar refractivity (Wildman–Crippen MR) is 59.7 cm³/mol. The summed E-state index contributed by atoms with van der Waals surface area (Å²) in [7, 11) is 0. The first-order valence-electron chi connectivity index (χ1n) is 5.05. The lowest BCUT2D eigenvalue weighted by atomic mass is 10.1. The van der Waals surface area contributed by atoms with E-state index in [1.807, 2.05) is 18.4 Å². The molecule has 0 aliphatic carbocycles. The zero-order valence-electron chi connectivity index (χ0n) is 8.82. The number of aliphatic hydroxyl groups excluding tert-OH is 1. The standard InChI is InChI=1S/C11H18O2S/c1-3-6-13-7-4-11(12)10-5-8-14-9(10)2/h5,8,11-12H,3-4,6-7H2,1-2H3. The Balaban J connectivity index is 2.28. The number of aliphatic hydroxyl groups is 1. The summed E-state index contributed by atoms with van der Waals surface area (Å²) in [5.74, 6) is 0. The van der Waals surface area contributed by atoms with E-state index in [0.717, 1.165) is 18.6 Å². The molecule has 0 aliphatic heterocycles. The molecule has 3 heteroatoms. The topological polar surface area (TPSA) is 29.5 Å². The van der Waals surface area contributed by atoms with Crippen LogP contribution in [0.5, 0.6) is 0 Å². The molecule has 80 valence electrons. The molecule has 1 N–H and O–H groups in total. The smallest absolute Gasteiger partial charge is 0.0822 e. The summed E-state index contributed by atoms with van der Waals surface area (Å²) in [6.07, 6.45) is 1.36. The molecule has 14 heavy (non-hydrogen) atoms. The lowest BCUT2D eigenvalue weighted by Crippen LogP contribution is -2.04. The quantitative estimate of drug-likeness (QED) is 0.738. The fraction of sp³-hybridized carbons (Fsp3) is 0.636. The Morgan fingerprint density at radius 3 is 2.86 bits per heavy atom. The SMILES string of the molecule is CCCOCCC(O)c1ccsc1C. The molecule has 1 atom stereocenters. The molecule has 1 heterocycles. The average Bonchev–Trinajstić information content (AvgIpc) is 2.59. The van der Waals surface area contributed by atoms with Crippen molar-refractivity contribution in [2.24, 2.45) is 0 Å². The minimum Gasteiger partial charge on any atom is -0.388 e. The molecule has 1 aromatic heterocycles. The zero-order valence-corrected chi connectivity index (χ0v) is 9.64. The van der Waals surface area contributed by atoms with E-state index in [0.29, 0.717) is 13.0 Å². The van der Waals surface area contributed by atoms with Crippen molar-refractivity contribution in [1.29, 1.82) is 0 Å². The van der Waals surface area contributed by atoms with Crippen LogP contribution in [0.4, 0.5) is 0 Å². The van der Waals surface area contributed by atoms with E-state index in [9.17, 15) is 5.11 Å². The molecule has 1 aromatic rings. The number of ether oxygens (including phenoxy) is 1. The normalized spacial score (nSPS) is 13.1. The molecule has 0 radical (unpaired) electrons. The minimum atomic E-state index is -0.363. The van der Waals surface area contributed by atoms with Gasteiger partial charge in [-0.05, 0) is 30.4 Å². The van der Waals surface area contributed by atoms with Crippen LogP contribution in [0.25, 0.3) is 0 Å². The highest BCUT2D eigenvalue weighted by atomic mass is 32.1. The van der Waals surface area contributed by atoms with E-state index < -0.39 is 0 Å². The van der Waals surface area contributed by atoms with Crippen LogP contribution < -0.4 is 0 Å². The van der Waals surface area contributed by atoms with Crippen LogP contribution in [0.3, 0.4) is 0 Å². The molecule has 1 rings (SSSR count). The summed E-state index contributed by atoms with van der Waals surface area (Å²) < 4.78 is 5.33. The summed E-state index contributed by atoms with van der Waals surface area (Å²) in [6.45, 7) is 5.55. The summed E-state index contributed by atoms with van der Waals surface area (Å²) in [4.78, 5) is 1.20. The highest BCUT2D eigenvalue weighted by Crippen LogP contribution is 2.24. The van der Waals surface area contributed by atoms with Crippen LogP contribution in [-0.2, 0) is 4.74 Å². The Labute approximate surface area is 89.5 Å². The molecule has 0 aliphatic rings. The van der Waals surface area contributed by atoms with Crippen LogP contribution in [0.15, 0.2) is 11.4 Å². The van der Waals surface area contributed by atoms with Crippen molar-refractivity contribution in [2.75, 3.05) is 13.2 Å². The van der Waals surface area contributed by atoms with E-state index in [-0.39, 0.29) is 6.10 Å². The third kappa shape index (κ3) is 3.40. The van der Waals surface area contributed by atoms with Gasteiger partial charge in [-0.15, -0.1) is 11.3 Å². The largest absolute Gasteiger partial charge is 0.388 e. The van der Waals surface area contributed by atoms with Crippen molar-refractivity contribution in [3.8, 4) is 0 Å². The molecule has 0 bridgehead atoms. The molecule has 0 amide bonds. The first kappa shape index (κ1) is 11.7. The Bertz CT molecular complexity index is 258. The minimum absolute atomic E-state index is 0.363. The van der Waals surface area contributed by atoms with Crippen molar-refractivity contribution >= 4 is 11.3 Å². The Morgan fingerprint density at radius 1 is 1.50 bits per heavy atom. The maximum absolute atomic E-state index is 9.82. The van der Waals surface area contributed by atoms with E-state index in [4.69, 9.17) is 4.74 Å². The van der Waals surface area contributed by atoms with E-state index >= 15 is 0 Å². The third-order valence-corrected chi connectivity index (χ3v) is 3.00. The molecule has 0 aromatic carbocycles. The van der Waals surface area contributed by atoms with E-state index in [1.54, 1.807) is 11.3 Å². The van der Waals surface area contributed by atoms with Crippen LogP contribution in [0.1, 0.15) is 36.3 Å². The van der Waals surface area contributed by atoms with Gasteiger partial charge in [0.25, 0.3) is 0 Å². The summed E-state index contributed by atoms with van der Waals surface area (Å²) in [6, 6.07) is 1.99. The van der Waals surface area contributed by atoms with Gasteiger partial charge < -0.3 is 9.84 Å². The summed E-state index contributed by atoms with van der Waals surface area (Å²) in [5.41, 5.74) is 1.05. The van der Waals surface area contributed by atoms with Crippen molar-refractivity contribution in [3.63, 3.8) is 0 Å². The van der Waals surface area contributed by atoms with Gasteiger partial charge in [-0.3, -0.25) is 0 Å². The maximum atomic E-state index is 9.82. The molecule has 0 saturated carbocycles. The number of aryl methyl sites for hydroxylation is 1. The van der Waals surface area contributed by atoms with Gasteiger partial charge in [-0.2, -0.15) is 0 Å². The van der Waals surface area contributed by atoms with Gasteiger partial charge in [-0.1, -0.05) is 6.92 Å². The van der Waals surface area contributed by atoms with Gasteiger partial charge in [0.15, 0.2) is 0 Å². The van der Waals surface area contributed by atoms with Crippen LogP contribution in [0.2, 0.25) is 0 Å². The molecule has 0 saturated heterocycles. The van der Waals surface area contributed by atoms with Crippen molar-refractivity contribution < 1.29 is 9.84 Å². The van der Waals surface area contributed by atoms with Crippen molar-refractivity contribution in [3.05, 3.63) is 21.9 Å². The fourth-order valence-corrected chi connectivity index (χ4v) is 2.10. The molecular weight excluding hydrogens is 196 g/mol. The fourth-order valence-electron chi connectivity index (χ4n) is 1.34. The zero-order chi connectivity index (χ0) is 10.4. The molecule has 1 unspecified atom stereocenters. The third-order valence-electron chi connectivity index (χ3n) is 2.14. The lowest BCUT2D eigenvalue weighted by molar-refractivity contribution is 0.0821. The van der Waals surface area contributed by atoms with Crippen LogP contribution in [0, 0.1) is 6.92 Å². The molecule has 0 spiro atoms. The first-order chi connectivity index (χ1) is 6.75. The van der Waals surface area contributed by atoms with Gasteiger partial charge in [0.05, 0.1) is 6.10 Å². The second kappa shape index (κ2) is 6.17. The summed E-state index contributed by atoms with van der Waals surface area (Å²) >= 11 is 1.68. The van der Waals surface area contributed by atoms with Crippen molar-refractivity contribution in [1.82, 2.24) is 0 Å². The molecule has 0 fully saturated rings. The predicted octanol–water partition coefficient (Wildman–Crippen LogP) is 2.91. The summed E-state index contributed by atoms with van der Waals surface area (Å²) in [5, 5.41) is 11.8. The molecular formula is C11H18O2S. The van der Waals surface area contributed by atoms with Crippen LogP contribution in [-0.4, -0.2) is 18.3 Å². The van der Waals surface area contributed by atoms with E-state index in [2.05, 4.69) is 6.92 Å². The number of hydrogen-bond donors (Lipinski definition) is 1. The second-order valence-corrected chi connectivity index (χ2v) is 4.47. The Hall–Kier alpha value is -0.380. The maximum Gasteiger partial charge on any atom is 0.0822 e. The van der Waals surface area contributed by atoms with Crippen molar-refractivity contribution in [2.45, 2.75) is 32.8 Å². The lowest BCUT2D eigenvalue weighted by Gasteiger charge is -2.10. The van der Waals surface area contributed by atoms with Gasteiger partial charge in [0.1, 0.15) is 0 Å². The van der Waals surface area contributed by atoms with Crippen LogP contribution >= 0.6 is 11.3 Å². The van der Waals surface area contributed by atoms with Gasteiger partial charge in [0, 0.05) is 24.5 Å². The van der Waals surface area contributed by atoms with Gasteiger partial charge in [0.2, 0.25) is 0 Å². The highest BCUT2D eigenvalue weighted by molar-refractivity contribution is 7.10. The number of thiophene rings is 1. The van der Waals surface area contributed by atoms with E-state index in [1.165, 1.54) is 4.88 Å². The Kier molecular flexibility index (Phi) is 5.15. The van der Waals surface area contributed by atoms with Gasteiger partial charge >= 0.3 is 0 Å².